The maximum atomic E-state index is 6.62. The van der Waals surface area contributed by atoms with Crippen LogP contribution in [0.4, 0.5) is 11.4 Å². The number of thioether (sulfide) groups is 1. The molecule has 1 aliphatic rings. The minimum absolute atomic E-state index is 0.0118. The maximum Gasteiger partial charge on any atom is 0.0765 e. The number of rotatable bonds is 4. The molecule has 0 saturated carbocycles. The molecule has 2 aromatic carbocycles. The monoisotopic (exact) mass is 384 g/mol. The number of allylic oxidation sites excluding steroid dienone is 1. The van der Waals surface area contributed by atoms with E-state index in [1.807, 2.05) is 24.4 Å². The Morgan fingerprint density at radius 2 is 1.96 bits per heavy atom. The van der Waals surface area contributed by atoms with Crippen LogP contribution in [0.1, 0.15) is 38.8 Å². The van der Waals surface area contributed by atoms with Crippen molar-refractivity contribution in [2.45, 2.75) is 38.1 Å². The molecule has 0 saturated heterocycles. The van der Waals surface area contributed by atoms with Crippen LogP contribution in [0.15, 0.2) is 52.4 Å². The number of benzene rings is 2. The summed E-state index contributed by atoms with van der Waals surface area (Å²) in [5.41, 5.74) is 5.62. The zero-order valence-corrected chi connectivity index (χ0v) is 17.6. The average molecular weight is 385 g/mol. The van der Waals surface area contributed by atoms with Gasteiger partial charge in [0.2, 0.25) is 0 Å². The molecule has 1 heterocycles. The molecule has 0 unspecified atom stereocenters. The summed E-state index contributed by atoms with van der Waals surface area (Å²) in [7, 11) is 0. The number of anilines is 1. The van der Waals surface area contributed by atoms with Gasteiger partial charge in [-0.05, 0) is 63.8 Å². The highest BCUT2D eigenvalue weighted by molar-refractivity contribution is 7.98. The quantitative estimate of drug-likeness (QED) is 0.423. The standard InChI is InChI=1S/C22H25ClN2S/c1-6-25-20-12-18(23)16(11-17(20)15(2)13-22(25,3)4)14-24-19-9-7-8-10-21(19)26-5/h7-14H,6H2,1-5H3. The molecule has 26 heavy (non-hydrogen) atoms. The molecule has 0 atom stereocenters. The van der Waals surface area contributed by atoms with Gasteiger partial charge in [-0.15, -0.1) is 11.8 Å². The summed E-state index contributed by atoms with van der Waals surface area (Å²) in [5, 5.41) is 0.734. The van der Waals surface area contributed by atoms with Crippen LogP contribution < -0.4 is 4.90 Å². The van der Waals surface area contributed by atoms with Crippen LogP contribution in [0, 0.1) is 0 Å². The van der Waals surface area contributed by atoms with Gasteiger partial charge < -0.3 is 4.90 Å². The Balaban J connectivity index is 2.04. The van der Waals surface area contributed by atoms with Crippen molar-refractivity contribution >= 4 is 46.5 Å². The van der Waals surface area contributed by atoms with Gasteiger partial charge >= 0.3 is 0 Å². The number of fused-ring (bicyclic) bond motifs is 1. The first-order valence-corrected chi connectivity index (χ1v) is 10.5. The van der Waals surface area contributed by atoms with E-state index in [0.29, 0.717) is 0 Å². The predicted molar refractivity (Wildman–Crippen MR) is 118 cm³/mol. The van der Waals surface area contributed by atoms with E-state index in [0.717, 1.165) is 27.7 Å². The fourth-order valence-electron chi connectivity index (χ4n) is 3.67. The fourth-order valence-corrected chi connectivity index (χ4v) is 4.42. The van der Waals surface area contributed by atoms with Crippen LogP contribution in [0.2, 0.25) is 5.02 Å². The number of hydrogen-bond donors (Lipinski definition) is 0. The van der Waals surface area contributed by atoms with Gasteiger partial charge in [0.1, 0.15) is 0 Å². The molecular formula is C22H25ClN2S. The minimum Gasteiger partial charge on any atom is -0.363 e. The highest BCUT2D eigenvalue weighted by atomic mass is 35.5. The van der Waals surface area contributed by atoms with Gasteiger partial charge in [0.05, 0.1) is 16.2 Å². The normalized spacial score (nSPS) is 15.9. The van der Waals surface area contributed by atoms with E-state index in [1.165, 1.54) is 16.8 Å². The first-order valence-electron chi connectivity index (χ1n) is 8.85. The zero-order valence-electron chi connectivity index (χ0n) is 16.0. The van der Waals surface area contributed by atoms with Crippen LogP contribution in [0.25, 0.3) is 5.57 Å². The minimum atomic E-state index is -0.0118. The lowest BCUT2D eigenvalue weighted by molar-refractivity contribution is 0.566. The highest BCUT2D eigenvalue weighted by Crippen LogP contribution is 2.41. The smallest absolute Gasteiger partial charge is 0.0765 e. The third-order valence-corrected chi connectivity index (χ3v) is 5.95. The van der Waals surface area contributed by atoms with Gasteiger partial charge in [-0.1, -0.05) is 29.8 Å². The molecule has 4 heteroatoms. The number of likely N-dealkylation sites (N-methyl/N-ethyl adjacent to an activating group) is 1. The number of para-hydroxylation sites is 1. The molecule has 3 rings (SSSR count). The predicted octanol–water partition coefficient (Wildman–Crippen LogP) is 6.83. The SMILES string of the molecule is CCN1c2cc(Cl)c(C=Nc3ccccc3SC)cc2C(C)=CC1(C)C. The van der Waals surface area contributed by atoms with Crippen molar-refractivity contribution < 1.29 is 0 Å². The summed E-state index contributed by atoms with van der Waals surface area (Å²) in [6.45, 7) is 9.78. The van der Waals surface area contributed by atoms with E-state index >= 15 is 0 Å². The molecule has 0 spiro atoms. The summed E-state index contributed by atoms with van der Waals surface area (Å²) in [4.78, 5) is 8.24. The summed E-state index contributed by atoms with van der Waals surface area (Å²) >= 11 is 8.32. The molecule has 0 radical (unpaired) electrons. The van der Waals surface area contributed by atoms with Gasteiger partial charge in [0.25, 0.3) is 0 Å². The second-order valence-electron chi connectivity index (χ2n) is 7.05. The molecule has 0 bridgehead atoms. The van der Waals surface area contributed by atoms with Crippen LogP contribution in [-0.4, -0.2) is 24.6 Å². The lowest BCUT2D eigenvalue weighted by Gasteiger charge is -2.43. The fraction of sp³-hybridized carbons (Fsp3) is 0.318. The molecular weight excluding hydrogens is 360 g/mol. The van der Waals surface area contributed by atoms with Gasteiger partial charge in [0, 0.05) is 34.5 Å². The van der Waals surface area contributed by atoms with E-state index in [1.54, 1.807) is 11.8 Å². The maximum absolute atomic E-state index is 6.62. The molecule has 1 aliphatic heterocycles. The Morgan fingerprint density at radius 1 is 1.23 bits per heavy atom. The first-order chi connectivity index (χ1) is 12.4. The van der Waals surface area contributed by atoms with Crippen molar-refractivity contribution in [1.29, 1.82) is 0 Å². The molecule has 0 aromatic heterocycles. The van der Waals surface area contributed by atoms with Crippen LogP contribution in [0.3, 0.4) is 0 Å². The Hall–Kier alpha value is -1.71. The first kappa shape index (κ1) is 19.1. The van der Waals surface area contributed by atoms with Crippen molar-refractivity contribution in [1.82, 2.24) is 0 Å². The third kappa shape index (κ3) is 3.56. The molecule has 0 amide bonds. The molecule has 0 aliphatic carbocycles. The van der Waals surface area contributed by atoms with Crippen LogP contribution in [0.5, 0.6) is 0 Å². The van der Waals surface area contributed by atoms with Crippen molar-refractivity contribution in [2.75, 3.05) is 17.7 Å². The van der Waals surface area contributed by atoms with Gasteiger partial charge in [0.15, 0.2) is 0 Å². The van der Waals surface area contributed by atoms with Crippen molar-refractivity contribution in [2.24, 2.45) is 4.99 Å². The Morgan fingerprint density at radius 3 is 2.65 bits per heavy atom. The van der Waals surface area contributed by atoms with E-state index in [4.69, 9.17) is 11.6 Å². The highest BCUT2D eigenvalue weighted by Gasteiger charge is 2.30. The number of nitrogens with zero attached hydrogens (tertiary/aromatic N) is 2. The van der Waals surface area contributed by atoms with Crippen LogP contribution >= 0.6 is 23.4 Å². The second kappa shape index (κ2) is 7.50. The average Bonchev–Trinajstić information content (AvgIpc) is 2.60. The zero-order chi connectivity index (χ0) is 18.9. The van der Waals surface area contributed by atoms with E-state index < -0.39 is 0 Å². The molecule has 2 aromatic rings. The van der Waals surface area contributed by atoms with E-state index in [9.17, 15) is 0 Å². The van der Waals surface area contributed by atoms with Gasteiger partial charge in [-0.3, -0.25) is 4.99 Å². The topological polar surface area (TPSA) is 15.6 Å². The Bertz CT molecular complexity index is 884. The van der Waals surface area contributed by atoms with Crippen molar-refractivity contribution in [3.63, 3.8) is 0 Å². The summed E-state index contributed by atoms with van der Waals surface area (Å²) in [6, 6.07) is 12.4. The largest absolute Gasteiger partial charge is 0.363 e. The van der Waals surface area contributed by atoms with Gasteiger partial charge in [-0.2, -0.15) is 0 Å². The number of hydrogen-bond acceptors (Lipinski definition) is 3. The summed E-state index contributed by atoms with van der Waals surface area (Å²) in [6.07, 6.45) is 6.27. The molecule has 0 N–H and O–H groups in total. The lowest BCUT2D eigenvalue weighted by atomic mass is 9.88. The number of aliphatic imine (C=N–C) groups is 1. The lowest BCUT2D eigenvalue weighted by Crippen LogP contribution is -2.44. The second-order valence-corrected chi connectivity index (χ2v) is 8.30. The summed E-state index contributed by atoms with van der Waals surface area (Å²) < 4.78 is 0. The molecule has 2 nitrogen and oxygen atoms in total. The molecule has 0 fully saturated rings. The number of halogens is 1. The van der Waals surface area contributed by atoms with E-state index in [2.05, 4.69) is 68.1 Å². The summed E-state index contributed by atoms with van der Waals surface area (Å²) in [5.74, 6) is 0. The van der Waals surface area contributed by atoms with Crippen molar-refractivity contribution in [3.8, 4) is 0 Å². The van der Waals surface area contributed by atoms with Crippen LogP contribution in [-0.2, 0) is 0 Å². The Labute approximate surface area is 166 Å². The van der Waals surface area contributed by atoms with Gasteiger partial charge in [-0.25, -0.2) is 0 Å². The van der Waals surface area contributed by atoms with E-state index in [-0.39, 0.29) is 5.54 Å². The molecule has 136 valence electrons. The van der Waals surface area contributed by atoms with Crippen molar-refractivity contribution in [3.05, 3.63) is 58.6 Å². The Kier molecular flexibility index (Phi) is 5.50. The third-order valence-electron chi connectivity index (χ3n) is 4.84.